The van der Waals surface area contributed by atoms with Gasteiger partial charge in [0.05, 0.1) is 28.5 Å². The zero-order chi connectivity index (χ0) is 30.4. The van der Waals surface area contributed by atoms with E-state index in [4.69, 9.17) is 4.74 Å². The summed E-state index contributed by atoms with van der Waals surface area (Å²) in [5, 5.41) is 3.22. The molecule has 1 aliphatic heterocycles. The second-order valence-corrected chi connectivity index (χ2v) is 12.5. The van der Waals surface area contributed by atoms with Gasteiger partial charge in [0, 0.05) is 0 Å². The molecule has 4 aromatic carbocycles. The molecule has 0 atom stereocenters. The van der Waals surface area contributed by atoms with Crippen molar-refractivity contribution in [3.05, 3.63) is 119 Å². The monoisotopic (exact) mass is 635 g/mol. The van der Waals surface area contributed by atoms with Gasteiger partial charge >= 0.3 is 29.6 Å². The summed E-state index contributed by atoms with van der Waals surface area (Å²) in [6.45, 7) is 4.43. The molecule has 1 heterocycles. The summed E-state index contributed by atoms with van der Waals surface area (Å²) in [5.41, 5.74) is 5.15. The Balaban J connectivity index is 0.00000276. The molecule has 5 rings (SSSR count). The standard InChI is InChI=1S/C33H29N3O5S2.Na.H/c1-3-41-28-16-12-26(13-17-28)25-10-6-23(7-11-25)20-30-32(38)35-33(42-30)34-27-14-8-24(9-15-27)21-31(37)36-43(39,40)29-18-4-22(2)5-19-29;;/h4-20H,3,21H2,1-2H3,(H,36,37)(H,34,35,38);;/q;+1;-1. The first-order valence-electron chi connectivity index (χ1n) is 13.5. The molecule has 0 unspecified atom stereocenters. The smallest absolute Gasteiger partial charge is 1.00 e. The van der Waals surface area contributed by atoms with Gasteiger partial charge in [0.15, 0.2) is 5.17 Å². The topological polar surface area (TPSA) is 114 Å². The molecule has 11 heteroatoms. The molecule has 2 amide bonds. The van der Waals surface area contributed by atoms with Gasteiger partial charge in [-0.15, -0.1) is 0 Å². The first-order valence-corrected chi connectivity index (χ1v) is 15.8. The quantitative estimate of drug-likeness (QED) is 0.216. The molecule has 1 aliphatic rings. The van der Waals surface area contributed by atoms with Crippen LogP contribution in [0.2, 0.25) is 0 Å². The SMILES string of the molecule is CCOc1ccc(-c2ccc(C=C3SC(=Nc4ccc(CC(=O)NS(=O)(=O)c5ccc(C)cc5)cc4)NC3=O)cc2)cc1.[H-].[Na+]. The molecule has 0 radical (unpaired) electrons. The van der Waals surface area contributed by atoms with Gasteiger partial charge < -0.3 is 11.5 Å². The third-order valence-corrected chi connectivity index (χ3v) is 8.77. The Bertz CT molecular complexity index is 1810. The summed E-state index contributed by atoms with van der Waals surface area (Å²) in [7, 11) is -3.95. The second kappa shape index (κ2) is 14.9. The molecular weight excluding hydrogens is 606 g/mol. The van der Waals surface area contributed by atoms with E-state index in [0.717, 1.165) is 28.0 Å². The molecule has 1 saturated heterocycles. The minimum atomic E-state index is -3.95. The zero-order valence-corrected chi connectivity index (χ0v) is 28.2. The van der Waals surface area contributed by atoms with Gasteiger partial charge in [-0.05, 0) is 90.3 Å². The molecule has 8 nitrogen and oxygen atoms in total. The van der Waals surface area contributed by atoms with E-state index in [1.165, 1.54) is 23.9 Å². The van der Waals surface area contributed by atoms with Crippen molar-refractivity contribution >= 4 is 50.5 Å². The van der Waals surface area contributed by atoms with Crippen LogP contribution in [0.15, 0.2) is 112 Å². The van der Waals surface area contributed by atoms with Crippen LogP contribution in [-0.2, 0) is 26.0 Å². The number of aryl methyl sites for hydroxylation is 1. The number of aliphatic imine (C=N–C) groups is 1. The van der Waals surface area contributed by atoms with Crippen LogP contribution in [0.1, 0.15) is 25.0 Å². The maximum atomic E-state index is 12.6. The van der Waals surface area contributed by atoms with Crippen molar-refractivity contribution in [1.29, 1.82) is 0 Å². The number of rotatable bonds is 9. The van der Waals surface area contributed by atoms with Crippen molar-refractivity contribution in [1.82, 2.24) is 10.0 Å². The Hall–Kier alpha value is -3.67. The fourth-order valence-corrected chi connectivity index (χ4v) is 6.09. The molecule has 220 valence electrons. The van der Waals surface area contributed by atoms with E-state index >= 15 is 0 Å². The number of nitrogens with zero attached hydrogens (tertiary/aromatic N) is 1. The fraction of sp³-hybridized carbons (Fsp3) is 0.121. The molecule has 4 aromatic rings. The van der Waals surface area contributed by atoms with Crippen LogP contribution in [0, 0.1) is 6.92 Å². The van der Waals surface area contributed by atoms with Crippen LogP contribution >= 0.6 is 11.8 Å². The molecule has 0 spiro atoms. The first-order chi connectivity index (χ1) is 20.7. The van der Waals surface area contributed by atoms with E-state index in [1.54, 1.807) is 36.4 Å². The van der Waals surface area contributed by atoms with E-state index in [1.807, 2.05) is 68.5 Å². The number of hydrogen-bond donors (Lipinski definition) is 2. The van der Waals surface area contributed by atoms with Gasteiger partial charge in [-0.1, -0.05) is 66.2 Å². The Morgan fingerprint density at radius 1 is 0.932 bits per heavy atom. The van der Waals surface area contributed by atoms with Crippen molar-refractivity contribution < 1.29 is 53.7 Å². The van der Waals surface area contributed by atoms with Crippen LogP contribution in [0.5, 0.6) is 5.75 Å². The Labute approximate surface area is 284 Å². The zero-order valence-electron chi connectivity index (χ0n) is 25.5. The van der Waals surface area contributed by atoms with Crippen LogP contribution in [0.25, 0.3) is 17.2 Å². The molecule has 1 fully saturated rings. The van der Waals surface area contributed by atoms with Gasteiger partial charge in [-0.3, -0.25) is 9.59 Å². The maximum Gasteiger partial charge on any atom is 1.00 e. The Morgan fingerprint density at radius 3 is 2.16 bits per heavy atom. The molecule has 0 bridgehead atoms. The van der Waals surface area contributed by atoms with E-state index < -0.39 is 15.9 Å². The average molecular weight is 636 g/mol. The number of benzene rings is 4. The Kier molecular flexibility index (Phi) is 11.2. The van der Waals surface area contributed by atoms with Gasteiger partial charge in [0.25, 0.3) is 15.9 Å². The number of amides is 2. The van der Waals surface area contributed by atoms with E-state index in [9.17, 15) is 18.0 Å². The van der Waals surface area contributed by atoms with Gasteiger partial charge in [-0.2, -0.15) is 0 Å². The number of sulfonamides is 1. The third-order valence-electron chi connectivity index (χ3n) is 6.47. The summed E-state index contributed by atoms with van der Waals surface area (Å²) < 4.78 is 32.5. The van der Waals surface area contributed by atoms with Crippen LogP contribution in [0.4, 0.5) is 5.69 Å². The number of ether oxygens (including phenoxy) is 1. The average Bonchev–Trinajstić information content (AvgIpc) is 3.33. The van der Waals surface area contributed by atoms with Crippen molar-refractivity contribution in [2.45, 2.75) is 25.2 Å². The largest absolute Gasteiger partial charge is 1.00 e. The molecule has 0 aliphatic carbocycles. The molecule has 44 heavy (non-hydrogen) atoms. The number of nitrogens with one attached hydrogen (secondary N) is 2. The fourth-order valence-electron chi connectivity index (χ4n) is 4.27. The summed E-state index contributed by atoms with van der Waals surface area (Å²) in [5.74, 6) is -0.0390. The molecular formula is C33H30N3NaO5S2. The maximum absolute atomic E-state index is 12.6. The van der Waals surface area contributed by atoms with E-state index in [-0.39, 0.29) is 48.2 Å². The van der Waals surface area contributed by atoms with Gasteiger partial charge in [-0.25, -0.2) is 18.1 Å². The number of carbonyl (C=O) groups excluding carboxylic acids is 2. The minimum Gasteiger partial charge on any atom is -1.00 e. The van der Waals surface area contributed by atoms with Crippen molar-refractivity contribution in [3.8, 4) is 16.9 Å². The van der Waals surface area contributed by atoms with Crippen LogP contribution in [0.3, 0.4) is 0 Å². The van der Waals surface area contributed by atoms with Crippen molar-refractivity contribution in [2.24, 2.45) is 4.99 Å². The number of hydrogen-bond acceptors (Lipinski definition) is 7. The second-order valence-electron chi connectivity index (χ2n) is 9.75. The predicted molar refractivity (Wildman–Crippen MR) is 172 cm³/mol. The summed E-state index contributed by atoms with van der Waals surface area (Å²) >= 11 is 1.24. The first kappa shape index (κ1) is 33.2. The summed E-state index contributed by atoms with van der Waals surface area (Å²) in [6, 6.07) is 28.9. The van der Waals surface area contributed by atoms with Gasteiger partial charge in [0.1, 0.15) is 5.75 Å². The van der Waals surface area contributed by atoms with Crippen LogP contribution < -0.4 is 44.3 Å². The minimum absolute atomic E-state index is 0. The number of amidine groups is 1. The van der Waals surface area contributed by atoms with Crippen LogP contribution in [-0.4, -0.2) is 32.0 Å². The number of thioether (sulfide) groups is 1. The van der Waals surface area contributed by atoms with E-state index in [2.05, 4.69) is 15.0 Å². The predicted octanol–water partition coefficient (Wildman–Crippen LogP) is 3.12. The normalized spacial score (nSPS) is 14.6. The van der Waals surface area contributed by atoms with Gasteiger partial charge in [0.2, 0.25) is 5.91 Å². The molecule has 2 N–H and O–H groups in total. The van der Waals surface area contributed by atoms with Crippen molar-refractivity contribution in [2.75, 3.05) is 6.61 Å². The Morgan fingerprint density at radius 2 is 1.55 bits per heavy atom. The van der Waals surface area contributed by atoms with Crippen molar-refractivity contribution in [3.63, 3.8) is 0 Å². The number of carbonyl (C=O) groups is 2. The van der Waals surface area contributed by atoms with E-state index in [0.29, 0.717) is 27.9 Å². The molecule has 0 saturated carbocycles. The molecule has 0 aromatic heterocycles. The summed E-state index contributed by atoms with van der Waals surface area (Å²) in [6.07, 6.45) is 1.70. The summed E-state index contributed by atoms with van der Waals surface area (Å²) in [4.78, 5) is 30.0. The third kappa shape index (κ3) is 8.71.